The van der Waals surface area contributed by atoms with E-state index in [0.29, 0.717) is 0 Å². The van der Waals surface area contributed by atoms with Crippen molar-refractivity contribution in [1.82, 2.24) is 0 Å². The second-order valence-corrected chi connectivity index (χ2v) is 6.58. The lowest BCUT2D eigenvalue weighted by Crippen LogP contribution is -2.39. The van der Waals surface area contributed by atoms with E-state index < -0.39 is 47.5 Å². The van der Waals surface area contributed by atoms with Gasteiger partial charge in [0.1, 0.15) is 0 Å². The average molecular weight is 330 g/mol. The highest BCUT2D eigenvalue weighted by Crippen LogP contribution is 2.25. The maximum atomic E-state index is 12.0. The summed E-state index contributed by atoms with van der Waals surface area (Å²) in [6.07, 6.45) is 0. The van der Waals surface area contributed by atoms with Gasteiger partial charge in [-0.15, -0.1) is 0 Å². The van der Waals surface area contributed by atoms with Crippen LogP contribution in [0.5, 0.6) is 0 Å². The Morgan fingerprint density at radius 3 is 1.09 bits per heavy atom. The summed E-state index contributed by atoms with van der Waals surface area (Å²) < 4.78 is 4.60. The van der Waals surface area contributed by atoms with Crippen molar-refractivity contribution in [3.05, 3.63) is 0 Å². The molecular weight excluding hydrogens is 304 g/mol. The number of hydrogen-bond donors (Lipinski definition) is 2. The highest BCUT2D eigenvalue weighted by atomic mass is 16.6. The van der Waals surface area contributed by atoms with Gasteiger partial charge in [-0.1, -0.05) is 41.5 Å². The number of rotatable bonds is 8. The zero-order valence-corrected chi connectivity index (χ0v) is 14.4. The first-order valence-corrected chi connectivity index (χ1v) is 7.62. The molecule has 0 amide bonds. The molecule has 0 aromatic carbocycles. The predicted molar refractivity (Wildman–Crippen MR) is 81.4 cm³/mol. The third-order valence-electron chi connectivity index (χ3n) is 4.40. The highest BCUT2D eigenvalue weighted by molar-refractivity contribution is 6.03. The minimum Gasteiger partial charge on any atom is -0.481 e. The van der Waals surface area contributed by atoms with Crippen LogP contribution in [0.15, 0.2) is 0 Å². The van der Waals surface area contributed by atoms with E-state index in [1.165, 1.54) is 0 Å². The summed E-state index contributed by atoms with van der Waals surface area (Å²) >= 11 is 0. The molecule has 0 fully saturated rings. The predicted octanol–water partition coefficient (Wildman–Crippen LogP) is 2.04. The third-order valence-corrected chi connectivity index (χ3v) is 4.40. The number of aliphatic carboxylic acids is 2. The lowest BCUT2D eigenvalue weighted by atomic mass is 9.84. The van der Waals surface area contributed by atoms with Gasteiger partial charge in [-0.25, -0.2) is 0 Å². The Labute approximate surface area is 136 Å². The molecule has 0 aliphatic carbocycles. The Kier molecular flexibility index (Phi) is 7.92. The second kappa shape index (κ2) is 8.64. The zero-order chi connectivity index (χ0) is 18.5. The summed E-state index contributed by atoms with van der Waals surface area (Å²) in [4.78, 5) is 46.7. The van der Waals surface area contributed by atoms with Crippen molar-refractivity contribution in [2.45, 2.75) is 41.5 Å². The fourth-order valence-electron chi connectivity index (χ4n) is 2.08. The first kappa shape index (κ1) is 21.1. The van der Waals surface area contributed by atoms with Crippen molar-refractivity contribution in [3.8, 4) is 0 Å². The molecular formula is C16H26O7. The Balaban J connectivity index is 5.27. The van der Waals surface area contributed by atoms with Crippen LogP contribution in [0.25, 0.3) is 0 Å². The Morgan fingerprint density at radius 1 is 0.652 bits per heavy atom. The van der Waals surface area contributed by atoms with Gasteiger partial charge in [-0.3, -0.25) is 19.2 Å². The smallest absolute Gasteiger partial charge is 0.328 e. The van der Waals surface area contributed by atoms with Crippen molar-refractivity contribution in [2.24, 2.45) is 35.5 Å². The zero-order valence-electron chi connectivity index (χ0n) is 14.4. The second-order valence-electron chi connectivity index (χ2n) is 6.58. The van der Waals surface area contributed by atoms with Crippen LogP contribution in [-0.4, -0.2) is 34.1 Å². The van der Waals surface area contributed by atoms with E-state index in [2.05, 4.69) is 4.74 Å². The van der Waals surface area contributed by atoms with Crippen molar-refractivity contribution in [2.75, 3.05) is 0 Å². The van der Waals surface area contributed by atoms with Crippen LogP contribution >= 0.6 is 0 Å². The van der Waals surface area contributed by atoms with Crippen LogP contribution in [0.1, 0.15) is 41.5 Å². The molecule has 0 heterocycles. The molecule has 0 aliphatic rings. The number of carboxylic acid groups (broad SMARTS) is 2. The molecule has 0 bridgehead atoms. The van der Waals surface area contributed by atoms with E-state index in [4.69, 9.17) is 0 Å². The number of carboxylic acids is 2. The lowest BCUT2D eigenvalue weighted by Gasteiger charge is -2.24. The van der Waals surface area contributed by atoms with Crippen LogP contribution in [0.4, 0.5) is 0 Å². The number of carbonyl (C=O) groups is 4. The normalized spacial score (nSPS) is 16.5. The SMILES string of the molecule is CC(C)C(C)C(C(=O)O)C(=O)OC(=O)C(C(=O)O)C(C)C(C)C. The molecule has 0 spiro atoms. The Morgan fingerprint density at radius 2 is 0.913 bits per heavy atom. The molecule has 7 heteroatoms. The third kappa shape index (κ3) is 5.65. The van der Waals surface area contributed by atoms with Crippen LogP contribution in [-0.2, 0) is 23.9 Å². The van der Waals surface area contributed by atoms with Crippen molar-refractivity contribution >= 4 is 23.9 Å². The van der Waals surface area contributed by atoms with E-state index in [1.54, 1.807) is 41.5 Å². The van der Waals surface area contributed by atoms with Gasteiger partial charge in [0.2, 0.25) is 0 Å². The number of ether oxygens (including phenoxy) is 1. The number of carbonyl (C=O) groups excluding carboxylic acids is 2. The van der Waals surface area contributed by atoms with Crippen LogP contribution in [0.2, 0.25) is 0 Å². The minimum atomic E-state index is -1.51. The molecule has 7 nitrogen and oxygen atoms in total. The molecule has 0 aromatic rings. The minimum absolute atomic E-state index is 0.122. The van der Waals surface area contributed by atoms with Gasteiger partial charge in [-0.2, -0.15) is 0 Å². The standard InChI is InChI=1S/C16H26O7/c1-7(2)9(5)11(13(17)18)15(21)23-16(22)12(14(19)20)10(6)8(3)4/h7-12H,1-6H3,(H,17,18)(H,19,20). The lowest BCUT2D eigenvalue weighted by molar-refractivity contribution is -0.174. The monoisotopic (exact) mass is 330 g/mol. The summed E-state index contributed by atoms with van der Waals surface area (Å²) in [5, 5.41) is 18.4. The number of hydrogen-bond acceptors (Lipinski definition) is 5. The van der Waals surface area contributed by atoms with E-state index in [0.717, 1.165) is 0 Å². The molecule has 4 unspecified atom stereocenters. The van der Waals surface area contributed by atoms with Gasteiger partial charge >= 0.3 is 23.9 Å². The number of esters is 2. The first-order valence-electron chi connectivity index (χ1n) is 7.62. The molecule has 4 atom stereocenters. The Hall–Kier alpha value is -1.92. The molecule has 0 aliphatic heterocycles. The molecule has 0 aromatic heterocycles. The summed E-state index contributed by atoms with van der Waals surface area (Å²) in [5.74, 6) is -9.60. The molecule has 0 saturated heterocycles. The fraction of sp³-hybridized carbons (Fsp3) is 0.750. The van der Waals surface area contributed by atoms with Crippen LogP contribution < -0.4 is 0 Å². The highest BCUT2D eigenvalue weighted by Gasteiger charge is 2.41. The maximum absolute atomic E-state index is 12.0. The topological polar surface area (TPSA) is 118 Å². The molecule has 2 N–H and O–H groups in total. The van der Waals surface area contributed by atoms with Crippen molar-refractivity contribution in [3.63, 3.8) is 0 Å². The van der Waals surface area contributed by atoms with E-state index in [9.17, 15) is 29.4 Å². The van der Waals surface area contributed by atoms with Gasteiger partial charge in [0, 0.05) is 0 Å². The molecule has 132 valence electrons. The van der Waals surface area contributed by atoms with Gasteiger partial charge in [-0.05, 0) is 23.7 Å². The van der Waals surface area contributed by atoms with E-state index in [-0.39, 0.29) is 11.8 Å². The van der Waals surface area contributed by atoms with Crippen molar-refractivity contribution in [1.29, 1.82) is 0 Å². The summed E-state index contributed by atoms with van der Waals surface area (Å²) in [7, 11) is 0. The summed E-state index contributed by atoms with van der Waals surface area (Å²) in [5.41, 5.74) is 0. The largest absolute Gasteiger partial charge is 0.481 e. The van der Waals surface area contributed by atoms with E-state index in [1.807, 2.05) is 0 Å². The molecule has 0 rings (SSSR count). The van der Waals surface area contributed by atoms with Gasteiger partial charge in [0.25, 0.3) is 0 Å². The van der Waals surface area contributed by atoms with Crippen LogP contribution in [0, 0.1) is 35.5 Å². The Bertz CT molecular complexity index is 425. The molecule has 0 saturated carbocycles. The van der Waals surface area contributed by atoms with Crippen LogP contribution in [0.3, 0.4) is 0 Å². The maximum Gasteiger partial charge on any atom is 0.328 e. The molecule has 0 radical (unpaired) electrons. The van der Waals surface area contributed by atoms with Crippen molar-refractivity contribution < 1.29 is 34.1 Å². The van der Waals surface area contributed by atoms with E-state index >= 15 is 0 Å². The van der Waals surface area contributed by atoms with Gasteiger partial charge in [0.15, 0.2) is 11.8 Å². The van der Waals surface area contributed by atoms with Gasteiger partial charge in [0.05, 0.1) is 0 Å². The quantitative estimate of drug-likeness (QED) is 0.516. The average Bonchev–Trinajstić information content (AvgIpc) is 2.37. The molecule has 23 heavy (non-hydrogen) atoms. The first-order chi connectivity index (χ1) is 10.4. The summed E-state index contributed by atoms with van der Waals surface area (Å²) in [6, 6.07) is 0. The summed E-state index contributed by atoms with van der Waals surface area (Å²) in [6.45, 7) is 10.1. The van der Waals surface area contributed by atoms with Gasteiger partial charge < -0.3 is 14.9 Å². The fourth-order valence-corrected chi connectivity index (χ4v) is 2.08.